The van der Waals surface area contributed by atoms with E-state index in [0.717, 1.165) is 11.3 Å². The van der Waals surface area contributed by atoms with E-state index in [9.17, 15) is 10.1 Å². The Morgan fingerprint density at radius 3 is 2.33 bits per heavy atom. The lowest BCUT2D eigenvalue weighted by Gasteiger charge is -2.06. The fraction of sp³-hybridized carbons (Fsp3) is 0.136. The first kappa shape index (κ1) is 18.2. The van der Waals surface area contributed by atoms with Crippen molar-refractivity contribution in [1.29, 1.82) is 5.26 Å². The molecule has 0 saturated heterocycles. The minimum atomic E-state index is -0.390. The van der Waals surface area contributed by atoms with E-state index < -0.39 is 0 Å². The standard InChI is InChI=1S/C22H20N4O/c1-16(2)24-22(27)18(14-23)13-19-15-26(20-11-7-4-8-12-20)25-21(19)17-9-5-3-6-10-17/h3-13,15-16H,1-2H3,(H,24,27)/b18-13+. The number of hydrogen-bond acceptors (Lipinski definition) is 3. The first-order chi connectivity index (χ1) is 13.1. The van der Waals surface area contributed by atoms with E-state index in [2.05, 4.69) is 10.4 Å². The molecule has 0 saturated carbocycles. The monoisotopic (exact) mass is 356 g/mol. The number of benzene rings is 2. The van der Waals surface area contributed by atoms with Crippen molar-refractivity contribution in [2.45, 2.75) is 19.9 Å². The van der Waals surface area contributed by atoms with E-state index in [4.69, 9.17) is 0 Å². The molecule has 5 nitrogen and oxygen atoms in total. The van der Waals surface area contributed by atoms with Crippen molar-refractivity contribution in [1.82, 2.24) is 15.1 Å². The number of aromatic nitrogens is 2. The van der Waals surface area contributed by atoms with Crippen molar-refractivity contribution in [3.05, 3.63) is 78.0 Å². The predicted molar refractivity (Wildman–Crippen MR) is 106 cm³/mol. The number of nitrogens with one attached hydrogen (secondary N) is 1. The van der Waals surface area contributed by atoms with Crippen LogP contribution in [0, 0.1) is 11.3 Å². The molecule has 1 amide bonds. The summed E-state index contributed by atoms with van der Waals surface area (Å²) in [5.41, 5.74) is 3.29. The summed E-state index contributed by atoms with van der Waals surface area (Å²) >= 11 is 0. The summed E-state index contributed by atoms with van der Waals surface area (Å²) < 4.78 is 1.75. The molecule has 0 radical (unpaired) electrons. The lowest BCUT2D eigenvalue weighted by Crippen LogP contribution is -2.30. The Morgan fingerprint density at radius 1 is 1.11 bits per heavy atom. The summed E-state index contributed by atoms with van der Waals surface area (Å²) in [4.78, 5) is 12.3. The Labute approximate surface area is 158 Å². The third-order valence-corrected chi connectivity index (χ3v) is 3.90. The fourth-order valence-electron chi connectivity index (χ4n) is 2.67. The van der Waals surface area contributed by atoms with E-state index in [0.29, 0.717) is 11.3 Å². The number of nitrogens with zero attached hydrogens (tertiary/aromatic N) is 3. The van der Waals surface area contributed by atoms with Crippen molar-refractivity contribution >= 4 is 12.0 Å². The average Bonchev–Trinajstić information content (AvgIpc) is 3.11. The molecule has 1 heterocycles. The molecule has 0 fully saturated rings. The van der Waals surface area contributed by atoms with Gasteiger partial charge < -0.3 is 5.32 Å². The van der Waals surface area contributed by atoms with Crippen molar-refractivity contribution in [3.8, 4) is 23.0 Å². The van der Waals surface area contributed by atoms with E-state index in [1.807, 2.05) is 86.8 Å². The van der Waals surface area contributed by atoms with Gasteiger partial charge >= 0.3 is 0 Å². The molecule has 0 aliphatic carbocycles. The summed E-state index contributed by atoms with van der Waals surface area (Å²) in [7, 11) is 0. The predicted octanol–water partition coefficient (Wildman–Crippen LogP) is 3.97. The Hall–Kier alpha value is -3.65. The molecule has 2 aromatic carbocycles. The third kappa shape index (κ3) is 4.31. The van der Waals surface area contributed by atoms with Gasteiger partial charge in [-0.15, -0.1) is 0 Å². The molecule has 1 N–H and O–H groups in total. The van der Waals surface area contributed by atoms with Crippen LogP contribution in [0.4, 0.5) is 0 Å². The number of amides is 1. The molecule has 0 aliphatic heterocycles. The van der Waals surface area contributed by atoms with Crippen LogP contribution in [0.1, 0.15) is 19.4 Å². The van der Waals surface area contributed by atoms with E-state index in [1.165, 1.54) is 0 Å². The maximum absolute atomic E-state index is 12.3. The van der Waals surface area contributed by atoms with E-state index >= 15 is 0 Å². The summed E-state index contributed by atoms with van der Waals surface area (Å²) in [6.45, 7) is 3.71. The van der Waals surface area contributed by atoms with Gasteiger partial charge in [-0.1, -0.05) is 48.5 Å². The Bertz CT molecular complexity index is 996. The highest BCUT2D eigenvalue weighted by Crippen LogP contribution is 2.25. The molecular formula is C22H20N4O. The molecule has 0 aliphatic rings. The van der Waals surface area contributed by atoms with Gasteiger partial charge in [0.25, 0.3) is 5.91 Å². The maximum atomic E-state index is 12.3. The average molecular weight is 356 g/mol. The smallest absolute Gasteiger partial charge is 0.262 e. The van der Waals surface area contributed by atoms with Gasteiger partial charge in [0.2, 0.25) is 0 Å². The lowest BCUT2D eigenvalue weighted by atomic mass is 10.1. The molecule has 0 bridgehead atoms. The molecular weight excluding hydrogens is 336 g/mol. The maximum Gasteiger partial charge on any atom is 0.262 e. The quantitative estimate of drug-likeness (QED) is 0.555. The second kappa shape index (κ2) is 8.15. The van der Waals surface area contributed by atoms with Crippen LogP contribution in [0.2, 0.25) is 0 Å². The topological polar surface area (TPSA) is 70.7 Å². The number of nitriles is 1. The molecule has 0 atom stereocenters. The van der Waals surface area contributed by atoms with Crippen LogP contribution >= 0.6 is 0 Å². The zero-order chi connectivity index (χ0) is 19.2. The highest BCUT2D eigenvalue weighted by atomic mass is 16.1. The minimum absolute atomic E-state index is 0.0464. The summed E-state index contributed by atoms with van der Waals surface area (Å²) in [5, 5.41) is 16.9. The van der Waals surface area contributed by atoms with Gasteiger partial charge in [0.15, 0.2) is 0 Å². The molecule has 134 valence electrons. The second-order valence-electron chi connectivity index (χ2n) is 6.38. The van der Waals surface area contributed by atoms with Gasteiger partial charge in [-0.25, -0.2) is 4.68 Å². The van der Waals surface area contributed by atoms with Crippen molar-refractivity contribution in [2.24, 2.45) is 0 Å². The summed E-state index contributed by atoms with van der Waals surface area (Å²) in [6.07, 6.45) is 3.42. The number of carbonyl (C=O) groups is 1. The van der Waals surface area contributed by atoms with Crippen molar-refractivity contribution < 1.29 is 4.79 Å². The molecule has 3 aromatic rings. The van der Waals surface area contributed by atoms with Crippen LogP contribution in [0.25, 0.3) is 23.0 Å². The first-order valence-corrected chi connectivity index (χ1v) is 8.71. The van der Waals surface area contributed by atoms with Crippen molar-refractivity contribution in [3.63, 3.8) is 0 Å². The number of rotatable bonds is 5. The zero-order valence-electron chi connectivity index (χ0n) is 15.3. The van der Waals surface area contributed by atoms with Crippen molar-refractivity contribution in [2.75, 3.05) is 0 Å². The van der Waals surface area contributed by atoms with Gasteiger partial charge in [-0.05, 0) is 32.1 Å². The number of hydrogen-bond donors (Lipinski definition) is 1. The second-order valence-corrected chi connectivity index (χ2v) is 6.38. The van der Waals surface area contributed by atoms with Crippen LogP contribution in [0.15, 0.2) is 72.4 Å². The van der Waals surface area contributed by atoms with Gasteiger partial charge in [0.05, 0.1) is 11.4 Å². The fourth-order valence-corrected chi connectivity index (χ4v) is 2.67. The normalized spacial score (nSPS) is 11.3. The number of carbonyl (C=O) groups excluding carboxylic acids is 1. The minimum Gasteiger partial charge on any atom is -0.349 e. The van der Waals surface area contributed by atoms with Crippen LogP contribution in [-0.4, -0.2) is 21.7 Å². The SMILES string of the molecule is CC(C)NC(=O)/C(C#N)=C/c1cn(-c2ccccc2)nc1-c1ccccc1. The highest BCUT2D eigenvalue weighted by Gasteiger charge is 2.15. The van der Waals surface area contributed by atoms with Crippen LogP contribution in [-0.2, 0) is 4.79 Å². The van der Waals surface area contributed by atoms with Gasteiger partial charge in [-0.2, -0.15) is 10.4 Å². The molecule has 3 rings (SSSR count). The summed E-state index contributed by atoms with van der Waals surface area (Å²) in [6, 6.07) is 21.4. The van der Waals surface area contributed by atoms with Gasteiger partial charge in [-0.3, -0.25) is 4.79 Å². The van der Waals surface area contributed by atoms with Gasteiger partial charge in [0, 0.05) is 23.4 Å². The van der Waals surface area contributed by atoms with Crippen LogP contribution < -0.4 is 5.32 Å². The zero-order valence-corrected chi connectivity index (χ0v) is 15.3. The molecule has 5 heteroatoms. The van der Waals surface area contributed by atoms with Crippen LogP contribution in [0.5, 0.6) is 0 Å². The first-order valence-electron chi connectivity index (χ1n) is 8.71. The molecule has 27 heavy (non-hydrogen) atoms. The lowest BCUT2D eigenvalue weighted by molar-refractivity contribution is -0.117. The van der Waals surface area contributed by atoms with Crippen LogP contribution in [0.3, 0.4) is 0 Å². The molecule has 1 aromatic heterocycles. The Morgan fingerprint density at radius 2 is 1.74 bits per heavy atom. The summed E-state index contributed by atoms with van der Waals surface area (Å²) in [5.74, 6) is -0.390. The van der Waals surface area contributed by atoms with Gasteiger partial charge in [0.1, 0.15) is 11.6 Å². The largest absolute Gasteiger partial charge is 0.349 e. The van der Waals surface area contributed by atoms with E-state index in [1.54, 1.807) is 10.8 Å². The Kier molecular flexibility index (Phi) is 5.48. The molecule has 0 unspecified atom stereocenters. The third-order valence-electron chi connectivity index (χ3n) is 3.90. The Balaban J connectivity index is 2.10. The highest BCUT2D eigenvalue weighted by molar-refractivity contribution is 6.02. The van der Waals surface area contributed by atoms with E-state index in [-0.39, 0.29) is 17.5 Å². The molecule has 0 spiro atoms. The number of para-hydroxylation sites is 1.